The Kier molecular flexibility index (Phi) is 4.06. The number of methoxy groups -OCH3 is 1. The molecule has 6 nitrogen and oxygen atoms in total. The second-order valence-corrected chi connectivity index (χ2v) is 4.91. The predicted octanol–water partition coefficient (Wildman–Crippen LogP) is 1.06. The van der Waals surface area contributed by atoms with Gasteiger partial charge in [0.1, 0.15) is 5.60 Å². The highest BCUT2D eigenvalue weighted by atomic mass is 16.5. The summed E-state index contributed by atoms with van der Waals surface area (Å²) in [6, 6.07) is 0. The van der Waals surface area contributed by atoms with Crippen LogP contribution in [0.3, 0.4) is 0 Å². The summed E-state index contributed by atoms with van der Waals surface area (Å²) < 4.78 is 5.57. The summed E-state index contributed by atoms with van der Waals surface area (Å²) in [6.45, 7) is 0. The number of hydrogen-bond acceptors (Lipinski definition) is 5. The van der Waals surface area contributed by atoms with E-state index in [9.17, 15) is 4.79 Å². The van der Waals surface area contributed by atoms with Gasteiger partial charge in [-0.05, 0) is 18.1 Å². The molecule has 0 atom stereocenters. The lowest BCUT2D eigenvalue weighted by Gasteiger charge is -2.29. The Hall–Kier alpha value is -1.30. The molecule has 6 heteroatoms. The number of carbonyl (C=O) groups excluding carboxylic acids is 1. The van der Waals surface area contributed by atoms with Gasteiger partial charge in [-0.3, -0.25) is 4.79 Å². The van der Waals surface area contributed by atoms with Gasteiger partial charge < -0.3 is 4.74 Å². The van der Waals surface area contributed by atoms with Crippen molar-refractivity contribution in [2.75, 3.05) is 7.11 Å². The first-order valence-electron chi connectivity index (χ1n) is 6.48. The van der Waals surface area contributed by atoms with E-state index in [0.29, 0.717) is 5.82 Å². The number of ether oxygens (including phenoxy) is 1. The molecular formula is C12H20N4O2. The van der Waals surface area contributed by atoms with Gasteiger partial charge in [-0.2, -0.15) is 4.80 Å². The van der Waals surface area contributed by atoms with E-state index in [1.165, 1.54) is 17.6 Å². The molecule has 1 fully saturated rings. The highest BCUT2D eigenvalue weighted by Crippen LogP contribution is 2.31. The fraction of sp³-hybridized carbons (Fsp3) is 0.833. The van der Waals surface area contributed by atoms with Crippen molar-refractivity contribution in [3.63, 3.8) is 0 Å². The zero-order chi connectivity index (χ0) is 13.0. The minimum atomic E-state index is -0.629. The van der Waals surface area contributed by atoms with Crippen LogP contribution in [0, 0.1) is 0 Å². The molecule has 0 N–H and O–H groups in total. The van der Waals surface area contributed by atoms with Gasteiger partial charge in [0, 0.05) is 7.11 Å². The van der Waals surface area contributed by atoms with Gasteiger partial charge in [-0.1, -0.05) is 25.7 Å². The monoisotopic (exact) mass is 252 g/mol. The Balaban J connectivity index is 2.08. The van der Waals surface area contributed by atoms with Crippen molar-refractivity contribution < 1.29 is 9.53 Å². The maximum atomic E-state index is 12.4. The Bertz CT molecular complexity index is 408. The van der Waals surface area contributed by atoms with Crippen LogP contribution in [0.5, 0.6) is 0 Å². The van der Waals surface area contributed by atoms with Crippen LogP contribution in [0.15, 0.2) is 0 Å². The quantitative estimate of drug-likeness (QED) is 0.749. The van der Waals surface area contributed by atoms with Crippen molar-refractivity contribution in [1.82, 2.24) is 20.2 Å². The summed E-state index contributed by atoms with van der Waals surface area (Å²) in [7, 11) is 3.33. The lowest BCUT2D eigenvalue weighted by atomic mass is 9.87. The summed E-state index contributed by atoms with van der Waals surface area (Å²) in [5.74, 6) is 0.558. The molecule has 1 saturated carbocycles. The molecule has 100 valence electrons. The average Bonchev–Trinajstić information content (AvgIpc) is 2.65. The molecule has 0 aromatic carbocycles. The first-order chi connectivity index (χ1) is 8.66. The highest BCUT2D eigenvalue weighted by Gasteiger charge is 2.38. The number of aryl methyl sites for hydroxylation is 1. The molecule has 0 unspecified atom stereocenters. The average molecular weight is 252 g/mol. The van der Waals surface area contributed by atoms with Crippen LogP contribution in [0.2, 0.25) is 0 Å². The van der Waals surface area contributed by atoms with Crippen molar-refractivity contribution in [3.05, 3.63) is 5.82 Å². The van der Waals surface area contributed by atoms with E-state index in [2.05, 4.69) is 15.4 Å². The number of tetrazole rings is 1. The first-order valence-corrected chi connectivity index (χ1v) is 6.48. The van der Waals surface area contributed by atoms with E-state index in [4.69, 9.17) is 4.74 Å². The van der Waals surface area contributed by atoms with Gasteiger partial charge in [0.15, 0.2) is 11.6 Å². The number of carbonyl (C=O) groups is 1. The summed E-state index contributed by atoms with van der Waals surface area (Å²) in [5.41, 5.74) is -0.629. The number of Topliss-reactive ketones (excluding diaryl/α,β-unsaturated/α-hetero) is 1. The lowest BCUT2D eigenvalue weighted by molar-refractivity contribution is -0.142. The minimum absolute atomic E-state index is 0.0832. The Morgan fingerprint density at radius 1 is 1.33 bits per heavy atom. The normalized spacial score (nSPS) is 19.4. The van der Waals surface area contributed by atoms with Crippen molar-refractivity contribution in [1.29, 1.82) is 0 Å². The third-order valence-electron chi connectivity index (χ3n) is 3.68. The van der Waals surface area contributed by atoms with Crippen molar-refractivity contribution >= 4 is 5.78 Å². The van der Waals surface area contributed by atoms with E-state index in [-0.39, 0.29) is 12.2 Å². The Morgan fingerprint density at radius 2 is 2.00 bits per heavy atom. The van der Waals surface area contributed by atoms with Crippen LogP contribution in [0.4, 0.5) is 0 Å². The number of rotatable bonds is 4. The molecule has 1 aliphatic rings. The first kappa shape index (κ1) is 13.1. The third-order valence-corrected chi connectivity index (χ3v) is 3.68. The molecule has 1 heterocycles. The number of ketones is 1. The standard InChI is InChI=1S/C12H20N4O2/c1-16-14-11(13-15-16)9-10(17)12(18-2)7-5-3-4-6-8-12/h3-9H2,1-2H3. The maximum Gasteiger partial charge on any atom is 0.182 e. The van der Waals surface area contributed by atoms with E-state index < -0.39 is 5.60 Å². The van der Waals surface area contributed by atoms with Crippen LogP contribution in [-0.2, 0) is 23.0 Å². The van der Waals surface area contributed by atoms with Crippen molar-refractivity contribution in [2.24, 2.45) is 7.05 Å². The molecule has 1 aromatic rings. The molecule has 0 radical (unpaired) electrons. The molecular weight excluding hydrogens is 232 g/mol. The maximum absolute atomic E-state index is 12.4. The molecule has 0 bridgehead atoms. The van der Waals surface area contributed by atoms with E-state index in [1.807, 2.05) is 0 Å². The highest BCUT2D eigenvalue weighted by molar-refractivity contribution is 5.88. The number of aromatic nitrogens is 4. The topological polar surface area (TPSA) is 69.9 Å². The van der Waals surface area contributed by atoms with Gasteiger partial charge in [-0.15, -0.1) is 10.2 Å². The van der Waals surface area contributed by atoms with Crippen LogP contribution >= 0.6 is 0 Å². The second-order valence-electron chi connectivity index (χ2n) is 4.91. The predicted molar refractivity (Wildman–Crippen MR) is 65.0 cm³/mol. The van der Waals surface area contributed by atoms with Crippen LogP contribution < -0.4 is 0 Å². The van der Waals surface area contributed by atoms with Gasteiger partial charge in [-0.25, -0.2) is 0 Å². The molecule has 1 aliphatic carbocycles. The van der Waals surface area contributed by atoms with E-state index >= 15 is 0 Å². The van der Waals surface area contributed by atoms with Crippen molar-refractivity contribution in [3.8, 4) is 0 Å². The molecule has 0 aliphatic heterocycles. The molecule has 0 saturated heterocycles. The molecule has 2 rings (SSSR count). The van der Waals surface area contributed by atoms with Crippen LogP contribution in [-0.4, -0.2) is 38.7 Å². The largest absolute Gasteiger partial charge is 0.370 e. The number of nitrogens with zero attached hydrogens (tertiary/aromatic N) is 4. The van der Waals surface area contributed by atoms with Crippen LogP contribution in [0.1, 0.15) is 44.3 Å². The van der Waals surface area contributed by atoms with Crippen molar-refractivity contribution in [2.45, 2.75) is 50.5 Å². The number of hydrogen-bond donors (Lipinski definition) is 0. The van der Waals surface area contributed by atoms with Gasteiger partial charge in [0.2, 0.25) is 0 Å². The van der Waals surface area contributed by atoms with Gasteiger partial charge in [0.05, 0.1) is 13.5 Å². The molecule has 0 spiro atoms. The van der Waals surface area contributed by atoms with E-state index in [0.717, 1.165) is 25.7 Å². The zero-order valence-corrected chi connectivity index (χ0v) is 11.1. The zero-order valence-electron chi connectivity index (χ0n) is 11.1. The minimum Gasteiger partial charge on any atom is -0.370 e. The smallest absolute Gasteiger partial charge is 0.182 e. The fourth-order valence-corrected chi connectivity index (χ4v) is 2.60. The summed E-state index contributed by atoms with van der Waals surface area (Å²) in [6.07, 6.45) is 6.29. The fourth-order valence-electron chi connectivity index (χ4n) is 2.60. The summed E-state index contributed by atoms with van der Waals surface area (Å²) in [4.78, 5) is 13.8. The second kappa shape index (κ2) is 5.56. The summed E-state index contributed by atoms with van der Waals surface area (Å²) >= 11 is 0. The van der Waals surface area contributed by atoms with E-state index in [1.54, 1.807) is 14.2 Å². The van der Waals surface area contributed by atoms with Gasteiger partial charge >= 0.3 is 0 Å². The van der Waals surface area contributed by atoms with Gasteiger partial charge in [0.25, 0.3) is 0 Å². The molecule has 1 aromatic heterocycles. The molecule has 18 heavy (non-hydrogen) atoms. The third kappa shape index (κ3) is 2.75. The van der Waals surface area contributed by atoms with Crippen LogP contribution in [0.25, 0.3) is 0 Å². The SMILES string of the molecule is COC1(C(=O)Cc2nnn(C)n2)CCCCCC1. The summed E-state index contributed by atoms with van der Waals surface area (Å²) in [5, 5.41) is 11.7. The molecule has 0 amide bonds. The Labute approximate surface area is 107 Å². The lowest BCUT2D eigenvalue weighted by Crippen LogP contribution is -2.41. The Morgan fingerprint density at radius 3 is 2.50 bits per heavy atom.